The molecule has 2 heterocycles. The molecule has 0 unspecified atom stereocenters. The quantitative estimate of drug-likeness (QED) is 0.472. The predicted octanol–water partition coefficient (Wildman–Crippen LogP) is 5.00. The summed E-state index contributed by atoms with van der Waals surface area (Å²) in [5.74, 6) is 0.944. The molecule has 0 atom stereocenters. The smallest absolute Gasteiger partial charge is 0.0724 e. The maximum atomic E-state index is 5.55. The van der Waals surface area contributed by atoms with Gasteiger partial charge in [0.15, 0.2) is 0 Å². The van der Waals surface area contributed by atoms with Crippen LogP contribution in [0.4, 0.5) is 0 Å². The molecule has 0 bridgehead atoms. The minimum absolute atomic E-state index is 0.582. The Morgan fingerprint density at radius 2 is 1.76 bits per heavy atom. The normalized spacial score (nSPS) is 22.1. The summed E-state index contributed by atoms with van der Waals surface area (Å²) in [5, 5.41) is 2.72. The van der Waals surface area contributed by atoms with E-state index in [-0.39, 0.29) is 0 Å². The molecule has 0 aromatic heterocycles. The summed E-state index contributed by atoms with van der Waals surface area (Å²) < 4.78 is 0. The minimum Gasteiger partial charge on any atom is -0.300 e. The number of halogens is 1. The highest BCUT2D eigenvalue weighted by atomic mass is 35.5. The Hall–Kier alpha value is -0.0700. The van der Waals surface area contributed by atoms with Gasteiger partial charge in [0.05, 0.1) is 11.8 Å². The molecule has 0 spiro atoms. The van der Waals surface area contributed by atoms with Gasteiger partial charge in [-0.15, -0.1) is 23.4 Å². The third-order valence-electron chi connectivity index (χ3n) is 5.09. The molecule has 146 valence electrons. The molecule has 0 saturated carbocycles. The van der Waals surface area contributed by atoms with E-state index in [1.165, 1.54) is 38.8 Å². The first kappa shape index (κ1) is 23.0. The number of nitrogens with zero attached hydrogens (tertiary/aromatic N) is 3. The number of thioether (sulfide) groups is 1. The van der Waals surface area contributed by atoms with E-state index in [9.17, 15) is 0 Å². The molecule has 25 heavy (non-hydrogen) atoms. The molecule has 0 aromatic carbocycles. The van der Waals surface area contributed by atoms with E-state index in [0.717, 1.165) is 42.3 Å². The van der Waals surface area contributed by atoms with Crippen LogP contribution in [0.25, 0.3) is 0 Å². The van der Waals surface area contributed by atoms with Crippen molar-refractivity contribution in [3.63, 3.8) is 0 Å². The van der Waals surface area contributed by atoms with E-state index >= 15 is 0 Å². The lowest BCUT2D eigenvalue weighted by Crippen LogP contribution is -2.47. The molecule has 2 saturated heterocycles. The van der Waals surface area contributed by atoms with Gasteiger partial charge in [-0.05, 0) is 72.2 Å². The van der Waals surface area contributed by atoms with Crippen molar-refractivity contribution in [3.8, 4) is 0 Å². The van der Waals surface area contributed by atoms with Gasteiger partial charge >= 0.3 is 0 Å². The summed E-state index contributed by atoms with van der Waals surface area (Å²) in [7, 11) is 0. The maximum Gasteiger partial charge on any atom is 0.0724 e. The molecule has 2 aliphatic heterocycles. The third kappa shape index (κ3) is 8.91. The molecule has 0 radical (unpaired) electrons. The van der Waals surface area contributed by atoms with Crippen LogP contribution in [0.5, 0.6) is 0 Å². The summed E-state index contributed by atoms with van der Waals surface area (Å²) >= 11 is 7.04. The summed E-state index contributed by atoms with van der Waals surface area (Å²) in [4.78, 5) is 13.2. The fourth-order valence-electron chi connectivity index (χ4n) is 3.21. The number of likely N-dealkylation sites (tertiary alicyclic amines) is 1. The van der Waals surface area contributed by atoms with Crippen LogP contribution in [-0.2, 0) is 4.84 Å². The van der Waals surface area contributed by atoms with E-state index in [1.807, 2.05) is 13.8 Å². The van der Waals surface area contributed by atoms with E-state index in [1.54, 1.807) is 11.8 Å². The standard InChI is InChI=1S/C13H26N2O.C6H10ClNS/c1-3-16-15-10-6-13(7-11-15)14-8-4-12(2)5-9-14;1-5(8-3)6(2)9-4-7/h12-13H,3-11H2,1-2H3;3-4H2,1-2H3/b;6-5-. The molecule has 0 aliphatic carbocycles. The monoisotopic (exact) mass is 389 g/mol. The molecule has 2 rings (SSSR count). The number of hydrogen-bond donors (Lipinski definition) is 0. The topological polar surface area (TPSA) is 28.1 Å². The Morgan fingerprint density at radius 3 is 2.24 bits per heavy atom. The number of aliphatic imine (C=N–C) groups is 1. The lowest BCUT2D eigenvalue weighted by molar-refractivity contribution is -0.171. The van der Waals surface area contributed by atoms with Gasteiger partial charge in [-0.25, -0.2) is 0 Å². The molecule has 2 fully saturated rings. The van der Waals surface area contributed by atoms with Crippen molar-refractivity contribution in [1.29, 1.82) is 0 Å². The van der Waals surface area contributed by atoms with E-state index in [0.29, 0.717) is 5.21 Å². The lowest BCUT2D eigenvalue weighted by atomic mass is 9.95. The van der Waals surface area contributed by atoms with E-state index in [2.05, 4.69) is 35.5 Å². The SMILES string of the molecule is C=N/C(C)=C(/C)SCCl.CCON1CCC(N2CCC(C)CC2)CC1. The second-order valence-corrected chi connectivity index (χ2v) is 8.62. The van der Waals surface area contributed by atoms with Crippen molar-refractivity contribution in [1.82, 2.24) is 9.96 Å². The van der Waals surface area contributed by atoms with Gasteiger partial charge in [0.2, 0.25) is 0 Å². The minimum atomic E-state index is 0.582. The van der Waals surface area contributed by atoms with Gasteiger partial charge in [0.25, 0.3) is 0 Å². The number of alkyl halides is 1. The Bertz CT molecular complexity index is 403. The van der Waals surface area contributed by atoms with Gasteiger partial charge in [-0.3, -0.25) is 9.83 Å². The van der Waals surface area contributed by atoms with Gasteiger partial charge in [0, 0.05) is 29.7 Å². The number of piperidine rings is 2. The maximum absolute atomic E-state index is 5.55. The van der Waals surface area contributed by atoms with Crippen molar-refractivity contribution in [2.75, 3.05) is 38.0 Å². The van der Waals surface area contributed by atoms with Crippen molar-refractivity contribution >= 4 is 30.1 Å². The molecule has 6 heteroatoms. The number of allylic oxidation sites excluding steroid dienone is 2. The van der Waals surface area contributed by atoms with Gasteiger partial charge in [-0.1, -0.05) is 6.92 Å². The van der Waals surface area contributed by atoms with Crippen LogP contribution in [0.2, 0.25) is 0 Å². The molecular formula is C19H36ClN3OS. The van der Waals surface area contributed by atoms with Gasteiger partial charge in [0.1, 0.15) is 0 Å². The Labute approximate surface area is 164 Å². The average molecular weight is 390 g/mol. The Balaban J connectivity index is 0.000000299. The fourth-order valence-corrected chi connectivity index (χ4v) is 4.14. The third-order valence-corrected chi connectivity index (χ3v) is 6.25. The van der Waals surface area contributed by atoms with Crippen molar-refractivity contribution < 1.29 is 4.84 Å². The predicted molar refractivity (Wildman–Crippen MR) is 112 cm³/mol. The molecule has 2 aliphatic rings. The van der Waals surface area contributed by atoms with Crippen LogP contribution >= 0.6 is 23.4 Å². The highest BCUT2D eigenvalue weighted by Gasteiger charge is 2.27. The molecule has 0 amide bonds. The first-order valence-electron chi connectivity index (χ1n) is 9.46. The van der Waals surface area contributed by atoms with E-state index < -0.39 is 0 Å². The molecule has 0 N–H and O–H groups in total. The second-order valence-electron chi connectivity index (χ2n) is 6.85. The number of hydrogen-bond acceptors (Lipinski definition) is 5. The highest BCUT2D eigenvalue weighted by molar-refractivity contribution is 8.04. The summed E-state index contributed by atoms with van der Waals surface area (Å²) in [6.07, 6.45) is 5.36. The van der Waals surface area contributed by atoms with Crippen LogP contribution in [-0.4, -0.2) is 60.7 Å². The van der Waals surface area contributed by atoms with Crippen molar-refractivity contribution in [3.05, 3.63) is 10.6 Å². The van der Waals surface area contributed by atoms with Gasteiger partial charge in [-0.2, -0.15) is 5.06 Å². The lowest BCUT2D eigenvalue weighted by Gasteiger charge is -2.40. The van der Waals surface area contributed by atoms with Crippen LogP contribution < -0.4 is 0 Å². The molecule has 4 nitrogen and oxygen atoms in total. The molecular weight excluding hydrogens is 354 g/mol. The zero-order valence-corrected chi connectivity index (χ0v) is 18.0. The van der Waals surface area contributed by atoms with Crippen molar-refractivity contribution in [2.45, 2.75) is 59.4 Å². The van der Waals surface area contributed by atoms with Crippen molar-refractivity contribution in [2.24, 2.45) is 10.9 Å². The van der Waals surface area contributed by atoms with Crippen LogP contribution in [0.1, 0.15) is 53.4 Å². The summed E-state index contributed by atoms with van der Waals surface area (Å²) in [6.45, 7) is 17.4. The highest BCUT2D eigenvalue weighted by Crippen LogP contribution is 2.23. The molecule has 0 aromatic rings. The van der Waals surface area contributed by atoms with Crippen LogP contribution in [0, 0.1) is 5.92 Å². The summed E-state index contributed by atoms with van der Waals surface area (Å²) in [5.41, 5.74) is 0.959. The second kappa shape index (κ2) is 13.2. The number of rotatable bonds is 6. The van der Waals surface area contributed by atoms with Gasteiger partial charge < -0.3 is 4.90 Å². The Kier molecular flexibility index (Phi) is 12.1. The Morgan fingerprint density at radius 1 is 1.16 bits per heavy atom. The number of hydroxylamine groups is 2. The zero-order valence-electron chi connectivity index (χ0n) is 16.5. The summed E-state index contributed by atoms with van der Waals surface area (Å²) in [6, 6.07) is 0.823. The zero-order chi connectivity index (χ0) is 18.7. The van der Waals surface area contributed by atoms with E-state index in [4.69, 9.17) is 16.4 Å². The largest absolute Gasteiger partial charge is 0.300 e. The first-order chi connectivity index (χ1) is 12.0. The first-order valence-corrected chi connectivity index (χ1v) is 11.0. The average Bonchev–Trinajstić information content (AvgIpc) is 2.63. The fraction of sp³-hybridized carbons (Fsp3) is 0.842. The van der Waals surface area contributed by atoms with Crippen LogP contribution in [0.3, 0.4) is 0 Å². The van der Waals surface area contributed by atoms with Crippen LogP contribution in [0.15, 0.2) is 15.6 Å².